The molecule has 6 heteroatoms. The molecule has 2 aromatic rings. The van der Waals surface area contributed by atoms with Crippen LogP contribution in [-0.4, -0.2) is 54.0 Å². The maximum atomic E-state index is 14.1. The lowest BCUT2D eigenvalue weighted by Crippen LogP contribution is -2.36. The summed E-state index contributed by atoms with van der Waals surface area (Å²) in [6, 6.07) is 11.0. The fraction of sp³-hybridized carbons (Fsp3) is 0.333. The molecule has 2 aromatic carbocycles. The minimum absolute atomic E-state index is 0.0102. The fourth-order valence-electron chi connectivity index (χ4n) is 3.43. The first-order valence-electron chi connectivity index (χ1n) is 8.92. The number of likely N-dealkylation sites (N-methyl/N-ethyl adjacent to an activating group) is 1. The van der Waals surface area contributed by atoms with Gasteiger partial charge < -0.3 is 10.4 Å². The Kier molecular flexibility index (Phi) is 5.68. The lowest BCUT2D eigenvalue weighted by atomic mass is 9.99. The number of amides is 1. The average Bonchev–Trinajstić information content (AvgIpc) is 3.01. The summed E-state index contributed by atoms with van der Waals surface area (Å²) in [6.07, 6.45) is 0.708. The van der Waals surface area contributed by atoms with Crippen LogP contribution >= 0.6 is 0 Å². The maximum Gasteiger partial charge on any atom is 0.251 e. The van der Waals surface area contributed by atoms with E-state index in [9.17, 15) is 19.1 Å². The standard InChI is InChI=1S/C21H23FN2O3/c1-13(26)16-7-8-20(22)19(9-16)14-3-5-15(6-4-14)21(27)23-17-10-18(12-25)24(2)11-17/h3-9,17-18,25H,10-12H2,1-2H3,(H,23,27)/t17-,18+/m1/s1. The lowest BCUT2D eigenvalue weighted by molar-refractivity contribution is 0.0937. The highest BCUT2D eigenvalue weighted by molar-refractivity contribution is 5.96. The molecular weight excluding hydrogens is 347 g/mol. The van der Waals surface area contributed by atoms with Crippen LogP contribution in [0.25, 0.3) is 11.1 Å². The summed E-state index contributed by atoms with van der Waals surface area (Å²) in [5.74, 6) is -0.743. The Labute approximate surface area is 157 Å². The van der Waals surface area contributed by atoms with Crippen LogP contribution < -0.4 is 5.32 Å². The minimum Gasteiger partial charge on any atom is -0.395 e. The molecule has 1 heterocycles. The Morgan fingerprint density at radius 2 is 1.85 bits per heavy atom. The van der Waals surface area contributed by atoms with E-state index in [0.717, 1.165) is 0 Å². The number of halogens is 1. The van der Waals surface area contributed by atoms with Crippen LogP contribution in [0.15, 0.2) is 42.5 Å². The number of nitrogens with one attached hydrogen (secondary N) is 1. The molecule has 27 heavy (non-hydrogen) atoms. The quantitative estimate of drug-likeness (QED) is 0.794. The van der Waals surface area contributed by atoms with E-state index in [4.69, 9.17) is 0 Å². The van der Waals surface area contributed by atoms with E-state index in [2.05, 4.69) is 5.32 Å². The van der Waals surface area contributed by atoms with Crippen LogP contribution in [0.2, 0.25) is 0 Å². The Morgan fingerprint density at radius 1 is 1.19 bits per heavy atom. The van der Waals surface area contributed by atoms with Crippen molar-refractivity contribution < 1.29 is 19.1 Å². The smallest absolute Gasteiger partial charge is 0.251 e. The molecule has 0 bridgehead atoms. The Bertz CT molecular complexity index is 851. The first-order chi connectivity index (χ1) is 12.9. The molecule has 1 fully saturated rings. The van der Waals surface area contributed by atoms with Gasteiger partial charge >= 0.3 is 0 Å². The zero-order valence-electron chi connectivity index (χ0n) is 15.4. The highest BCUT2D eigenvalue weighted by Gasteiger charge is 2.29. The van der Waals surface area contributed by atoms with Crippen molar-refractivity contribution in [2.75, 3.05) is 20.2 Å². The molecule has 3 rings (SSSR count). The second-order valence-corrected chi connectivity index (χ2v) is 7.01. The number of Topliss-reactive ketones (excluding diaryl/α,β-unsaturated/α-hetero) is 1. The second-order valence-electron chi connectivity index (χ2n) is 7.01. The molecule has 1 aliphatic heterocycles. The Balaban J connectivity index is 1.73. The van der Waals surface area contributed by atoms with Crippen LogP contribution in [0.1, 0.15) is 34.1 Å². The number of rotatable bonds is 5. The van der Waals surface area contributed by atoms with Crippen molar-refractivity contribution in [2.24, 2.45) is 0 Å². The van der Waals surface area contributed by atoms with Crippen molar-refractivity contribution in [3.8, 4) is 11.1 Å². The van der Waals surface area contributed by atoms with Crippen molar-refractivity contribution in [3.63, 3.8) is 0 Å². The van der Waals surface area contributed by atoms with Gasteiger partial charge in [-0.25, -0.2) is 4.39 Å². The van der Waals surface area contributed by atoms with Gasteiger partial charge in [0.1, 0.15) is 5.82 Å². The Morgan fingerprint density at radius 3 is 2.44 bits per heavy atom. The van der Waals surface area contributed by atoms with Crippen molar-refractivity contribution in [1.82, 2.24) is 10.2 Å². The first kappa shape index (κ1) is 19.2. The van der Waals surface area contributed by atoms with Crippen molar-refractivity contribution in [1.29, 1.82) is 0 Å². The molecule has 1 saturated heterocycles. The van der Waals surface area contributed by atoms with Crippen molar-refractivity contribution in [3.05, 3.63) is 59.4 Å². The van der Waals surface area contributed by atoms with E-state index in [0.29, 0.717) is 35.2 Å². The number of aliphatic hydroxyl groups is 1. The number of aliphatic hydroxyl groups excluding tert-OH is 1. The number of hydrogen-bond donors (Lipinski definition) is 2. The molecule has 0 saturated carbocycles. The highest BCUT2D eigenvalue weighted by atomic mass is 19.1. The molecule has 2 N–H and O–H groups in total. The third-order valence-electron chi connectivity index (χ3n) is 5.07. The van der Waals surface area contributed by atoms with E-state index in [-0.39, 0.29) is 30.4 Å². The van der Waals surface area contributed by atoms with Crippen molar-refractivity contribution in [2.45, 2.75) is 25.4 Å². The Hall–Kier alpha value is -2.57. The summed E-state index contributed by atoms with van der Waals surface area (Å²) in [5, 5.41) is 12.3. The van der Waals surface area contributed by atoms with E-state index in [1.807, 2.05) is 11.9 Å². The summed E-state index contributed by atoms with van der Waals surface area (Å²) in [5.41, 5.74) is 1.86. The van der Waals surface area contributed by atoms with Gasteiger partial charge in [0, 0.05) is 35.3 Å². The van der Waals surface area contributed by atoms with Crippen LogP contribution in [0.3, 0.4) is 0 Å². The van der Waals surface area contributed by atoms with Crippen LogP contribution in [-0.2, 0) is 0 Å². The highest BCUT2D eigenvalue weighted by Crippen LogP contribution is 2.25. The molecule has 2 atom stereocenters. The van der Waals surface area contributed by atoms with Gasteiger partial charge in [-0.1, -0.05) is 12.1 Å². The van der Waals surface area contributed by atoms with Gasteiger partial charge in [-0.3, -0.25) is 14.5 Å². The minimum atomic E-state index is -0.416. The van der Waals surface area contributed by atoms with E-state index >= 15 is 0 Å². The lowest BCUT2D eigenvalue weighted by Gasteiger charge is -2.15. The summed E-state index contributed by atoms with van der Waals surface area (Å²) in [7, 11) is 1.92. The number of ketones is 1. The monoisotopic (exact) mass is 370 g/mol. The molecule has 142 valence electrons. The molecule has 0 spiro atoms. The molecule has 0 aromatic heterocycles. The first-order valence-corrected chi connectivity index (χ1v) is 8.92. The molecule has 1 amide bonds. The maximum absolute atomic E-state index is 14.1. The number of carbonyl (C=O) groups excluding carboxylic acids is 2. The predicted octanol–water partition coefficient (Wildman–Crippen LogP) is 2.49. The van der Waals surface area contributed by atoms with Gasteiger partial charge in [0.15, 0.2) is 5.78 Å². The van der Waals surface area contributed by atoms with E-state index in [1.54, 1.807) is 24.3 Å². The SMILES string of the molecule is CC(=O)c1ccc(F)c(-c2ccc(C(=O)N[C@@H]3C[C@@H](CO)N(C)C3)cc2)c1. The van der Waals surface area contributed by atoms with Gasteiger partial charge in [0.25, 0.3) is 5.91 Å². The van der Waals surface area contributed by atoms with Crippen LogP contribution in [0.5, 0.6) is 0 Å². The normalized spacial score (nSPS) is 19.9. The fourth-order valence-corrected chi connectivity index (χ4v) is 3.43. The number of benzene rings is 2. The number of carbonyl (C=O) groups is 2. The third-order valence-corrected chi connectivity index (χ3v) is 5.07. The number of hydrogen-bond acceptors (Lipinski definition) is 4. The molecule has 0 radical (unpaired) electrons. The summed E-state index contributed by atoms with van der Waals surface area (Å²) in [6.45, 7) is 2.20. The molecular formula is C21H23FN2O3. The van der Waals surface area contributed by atoms with Gasteiger partial charge in [-0.15, -0.1) is 0 Å². The molecule has 1 aliphatic rings. The summed E-state index contributed by atoms with van der Waals surface area (Å²) < 4.78 is 14.1. The number of likely N-dealkylation sites (tertiary alicyclic amines) is 1. The average molecular weight is 370 g/mol. The third kappa shape index (κ3) is 4.23. The van der Waals surface area contributed by atoms with Crippen molar-refractivity contribution >= 4 is 11.7 Å². The molecule has 5 nitrogen and oxygen atoms in total. The number of nitrogens with zero attached hydrogens (tertiary/aromatic N) is 1. The zero-order chi connectivity index (χ0) is 19.6. The van der Waals surface area contributed by atoms with E-state index in [1.165, 1.54) is 25.1 Å². The van der Waals surface area contributed by atoms with Gasteiger partial charge in [-0.2, -0.15) is 0 Å². The van der Waals surface area contributed by atoms with Gasteiger partial charge in [0.05, 0.1) is 6.61 Å². The largest absolute Gasteiger partial charge is 0.395 e. The van der Waals surface area contributed by atoms with Gasteiger partial charge in [0.2, 0.25) is 0 Å². The zero-order valence-corrected chi connectivity index (χ0v) is 15.4. The molecule has 0 aliphatic carbocycles. The summed E-state index contributed by atoms with van der Waals surface area (Å²) >= 11 is 0. The second kappa shape index (κ2) is 7.98. The van der Waals surface area contributed by atoms with E-state index < -0.39 is 5.82 Å². The molecule has 0 unspecified atom stereocenters. The predicted molar refractivity (Wildman–Crippen MR) is 101 cm³/mol. The van der Waals surface area contributed by atoms with Crippen LogP contribution in [0, 0.1) is 5.82 Å². The van der Waals surface area contributed by atoms with Gasteiger partial charge in [-0.05, 0) is 56.3 Å². The van der Waals surface area contributed by atoms with Crippen LogP contribution in [0.4, 0.5) is 4.39 Å². The summed E-state index contributed by atoms with van der Waals surface area (Å²) in [4.78, 5) is 26.0. The topological polar surface area (TPSA) is 69.6 Å².